The van der Waals surface area contributed by atoms with E-state index in [-0.39, 0.29) is 19.0 Å². The highest BCUT2D eigenvalue weighted by molar-refractivity contribution is 6.77. The van der Waals surface area contributed by atoms with Gasteiger partial charge in [-0.15, -0.1) is 0 Å². The molecule has 0 N–H and O–H groups in total. The first kappa shape index (κ1) is 25.8. The highest BCUT2D eigenvalue weighted by Gasteiger charge is 2.49. The van der Waals surface area contributed by atoms with Crippen molar-refractivity contribution in [2.75, 3.05) is 27.6 Å². The van der Waals surface area contributed by atoms with Gasteiger partial charge in [0.2, 0.25) is 0 Å². The van der Waals surface area contributed by atoms with E-state index in [1.54, 1.807) is 14.2 Å². The molecule has 1 heterocycles. The van der Waals surface area contributed by atoms with Gasteiger partial charge in [-0.1, -0.05) is 71.9 Å². The second-order valence-electron chi connectivity index (χ2n) is 9.71. The molecule has 0 saturated heterocycles. The fourth-order valence-corrected chi connectivity index (χ4v) is 10.8. The summed E-state index contributed by atoms with van der Waals surface area (Å²) in [7, 11) is 1.20. The lowest BCUT2D eigenvalue weighted by atomic mass is 9.99. The van der Waals surface area contributed by atoms with Crippen LogP contribution in [0.1, 0.15) is 53.2 Å². The molecule has 0 spiro atoms. The Morgan fingerprint density at radius 1 is 0.879 bits per heavy atom. The van der Waals surface area contributed by atoms with Crippen LogP contribution in [-0.4, -0.2) is 42.0 Å². The first-order chi connectivity index (χ1) is 15.8. The Kier molecular flexibility index (Phi) is 8.62. The Hall–Kier alpha value is -1.86. The number of hydrogen-bond donors (Lipinski definition) is 0. The van der Waals surface area contributed by atoms with E-state index in [2.05, 4.69) is 71.9 Å². The summed E-state index contributed by atoms with van der Waals surface area (Å²) < 4.78 is 30.0. The molecule has 1 aliphatic heterocycles. The van der Waals surface area contributed by atoms with Crippen LogP contribution in [0.5, 0.6) is 5.75 Å². The molecule has 2 atom stereocenters. The van der Waals surface area contributed by atoms with Crippen LogP contribution in [0.25, 0.3) is 10.8 Å². The SMILES string of the molecule is COCOC[C@H]1O[C@@H](c2ccc(OC)c3ccccc23)C=C1O[Si](C(C)C)(C(C)C)C(C)C. The van der Waals surface area contributed by atoms with Crippen molar-refractivity contribution >= 4 is 19.1 Å². The van der Waals surface area contributed by atoms with E-state index in [0.29, 0.717) is 23.2 Å². The Bertz CT molecular complexity index is 931. The third-order valence-corrected chi connectivity index (χ3v) is 12.9. The largest absolute Gasteiger partial charge is 0.544 e. The zero-order valence-corrected chi connectivity index (χ0v) is 22.4. The summed E-state index contributed by atoms with van der Waals surface area (Å²) in [5, 5.41) is 2.20. The van der Waals surface area contributed by atoms with Gasteiger partial charge in [0, 0.05) is 12.5 Å². The Balaban J connectivity index is 2.03. The van der Waals surface area contributed by atoms with Gasteiger partial charge < -0.3 is 23.4 Å². The summed E-state index contributed by atoms with van der Waals surface area (Å²) in [6.45, 7) is 14.4. The molecule has 0 radical (unpaired) electrons. The van der Waals surface area contributed by atoms with Gasteiger partial charge in [-0.25, -0.2) is 0 Å². The molecule has 0 aromatic heterocycles. The van der Waals surface area contributed by atoms with Crippen LogP contribution >= 0.6 is 0 Å². The molecule has 182 valence electrons. The van der Waals surface area contributed by atoms with Gasteiger partial charge in [-0.3, -0.25) is 0 Å². The van der Waals surface area contributed by atoms with Crippen molar-refractivity contribution in [2.45, 2.75) is 70.4 Å². The summed E-state index contributed by atoms with van der Waals surface area (Å²) in [5.41, 5.74) is 2.52. The molecule has 2 aromatic rings. The fraction of sp³-hybridized carbons (Fsp3) is 0.556. The van der Waals surface area contributed by atoms with Crippen molar-refractivity contribution in [3.63, 3.8) is 0 Å². The number of rotatable bonds is 11. The van der Waals surface area contributed by atoms with E-state index in [1.807, 2.05) is 12.1 Å². The van der Waals surface area contributed by atoms with Gasteiger partial charge in [0.15, 0.2) is 0 Å². The van der Waals surface area contributed by atoms with Crippen molar-refractivity contribution < 1.29 is 23.4 Å². The summed E-state index contributed by atoms with van der Waals surface area (Å²) in [6.07, 6.45) is 1.67. The Morgan fingerprint density at radius 3 is 2.09 bits per heavy atom. The average Bonchev–Trinajstić information content (AvgIpc) is 3.18. The first-order valence-corrected chi connectivity index (χ1v) is 14.1. The number of methoxy groups -OCH3 is 2. The second kappa shape index (κ2) is 11.0. The predicted octanol–water partition coefficient (Wildman–Crippen LogP) is 6.98. The molecule has 0 aliphatic carbocycles. The van der Waals surface area contributed by atoms with Crippen LogP contribution in [0, 0.1) is 0 Å². The van der Waals surface area contributed by atoms with Crippen molar-refractivity contribution in [3.8, 4) is 5.75 Å². The normalized spacial score (nSPS) is 19.1. The molecule has 0 bridgehead atoms. The number of benzene rings is 2. The summed E-state index contributed by atoms with van der Waals surface area (Å²) in [5.74, 6) is 1.76. The van der Waals surface area contributed by atoms with E-state index in [0.717, 1.165) is 27.8 Å². The minimum absolute atomic E-state index is 0.217. The molecule has 5 nitrogen and oxygen atoms in total. The minimum atomic E-state index is -2.14. The number of hydrogen-bond acceptors (Lipinski definition) is 5. The van der Waals surface area contributed by atoms with Crippen molar-refractivity contribution in [3.05, 3.63) is 53.8 Å². The molecule has 3 rings (SSSR count). The van der Waals surface area contributed by atoms with E-state index in [4.69, 9.17) is 23.4 Å². The lowest BCUT2D eigenvalue weighted by Gasteiger charge is -2.43. The van der Waals surface area contributed by atoms with E-state index in [1.165, 1.54) is 0 Å². The van der Waals surface area contributed by atoms with Crippen molar-refractivity contribution in [1.82, 2.24) is 0 Å². The minimum Gasteiger partial charge on any atom is -0.544 e. The zero-order valence-electron chi connectivity index (χ0n) is 21.4. The molecule has 6 heteroatoms. The number of fused-ring (bicyclic) bond motifs is 1. The van der Waals surface area contributed by atoms with E-state index >= 15 is 0 Å². The molecule has 0 amide bonds. The van der Waals surface area contributed by atoms with Crippen molar-refractivity contribution in [2.24, 2.45) is 0 Å². The Morgan fingerprint density at radius 2 is 1.52 bits per heavy atom. The van der Waals surface area contributed by atoms with Crippen LogP contribution in [0.4, 0.5) is 0 Å². The summed E-state index contributed by atoms with van der Waals surface area (Å²) in [6, 6.07) is 12.4. The second-order valence-corrected chi connectivity index (χ2v) is 15.1. The maximum atomic E-state index is 7.06. The zero-order chi connectivity index (χ0) is 24.2. The first-order valence-electron chi connectivity index (χ1n) is 11.9. The van der Waals surface area contributed by atoms with Gasteiger partial charge in [-0.2, -0.15) is 0 Å². The molecule has 0 unspecified atom stereocenters. The molecule has 0 fully saturated rings. The van der Waals surface area contributed by atoms with Crippen LogP contribution in [0.15, 0.2) is 48.2 Å². The van der Waals surface area contributed by atoms with Crippen LogP contribution in [0.3, 0.4) is 0 Å². The standard InChI is InChI=1S/C27H40O5Si/c1-18(2)33(19(3)4,20(5)6)32-26-15-25(31-27(26)16-30-17-28-7)23-13-14-24(29-8)22-12-10-9-11-21(22)23/h9-15,18-20,25,27H,16-17H2,1-8H3/t25-,27-/m1/s1. The lowest BCUT2D eigenvalue weighted by molar-refractivity contribution is -0.0781. The van der Waals surface area contributed by atoms with E-state index in [9.17, 15) is 0 Å². The molecule has 1 aliphatic rings. The van der Waals surface area contributed by atoms with Crippen LogP contribution < -0.4 is 4.74 Å². The average molecular weight is 473 g/mol. The van der Waals surface area contributed by atoms with Crippen molar-refractivity contribution in [1.29, 1.82) is 0 Å². The summed E-state index contributed by atoms with van der Waals surface area (Å²) in [4.78, 5) is 0. The molecule has 0 saturated carbocycles. The fourth-order valence-electron chi connectivity index (χ4n) is 5.44. The highest BCUT2D eigenvalue weighted by Crippen LogP contribution is 2.46. The highest BCUT2D eigenvalue weighted by atomic mass is 28.4. The quantitative estimate of drug-likeness (QED) is 0.200. The predicted molar refractivity (Wildman–Crippen MR) is 136 cm³/mol. The molecule has 33 heavy (non-hydrogen) atoms. The van der Waals surface area contributed by atoms with Gasteiger partial charge >= 0.3 is 0 Å². The topological polar surface area (TPSA) is 46.2 Å². The molecular formula is C27H40O5Si. The van der Waals surface area contributed by atoms with E-state index < -0.39 is 8.32 Å². The van der Waals surface area contributed by atoms with Gasteiger partial charge in [0.25, 0.3) is 8.32 Å². The van der Waals surface area contributed by atoms with Gasteiger partial charge in [-0.05, 0) is 39.7 Å². The Labute approximate surface area is 200 Å². The summed E-state index contributed by atoms with van der Waals surface area (Å²) >= 11 is 0. The monoisotopic (exact) mass is 472 g/mol. The molecule has 2 aromatic carbocycles. The van der Waals surface area contributed by atoms with Crippen LogP contribution in [-0.2, 0) is 18.6 Å². The number of ether oxygens (including phenoxy) is 4. The van der Waals surface area contributed by atoms with Crippen LogP contribution in [0.2, 0.25) is 16.6 Å². The van der Waals surface area contributed by atoms with Gasteiger partial charge in [0.1, 0.15) is 30.5 Å². The van der Waals surface area contributed by atoms with Gasteiger partial charge in [0.05, 0.1) is 13.7 Å². The smallest absolute Gasteiger partial charge is 0.258 e. The maximum absolute atomic E-state index is 7.06. The molecular weight excluding hydrogens is 432 g/mol. The lowest BCUT2D eigenvalue weighted by Crippen LogP contribution is -2.48. The third-order valence-electron chi connectivity index (χ3n) is 6.86. The third kappa shape index (κ3) is 5.14. The maximum Gasteiger partial charge on any atom is 0.258 e.